The lowest BCUT2D eigenvalue weighted by Crippen LogP contribution is -2.14. The molecule has 0 saturated heterocycles. The minimum atomic E-state index is -0.584. The van der Waals surface area contributed by atoms with Crippen molar-refractivity contribution in [3.63, 3.8) is 0 Å². The van der Waals surface area contributed by atoms with E-state index in [1.165, 1.54) is 25.7 Å². The highest BCUT2D eigenvalue weighted by molar-refractivity contribution is 5.69. The molecule has 25 heavy (non-hydrogen) atoms. The molecular weight excluding hydrogens is 316 g/mol. The maximum Gasteiger partial charge on any atom is 0.305 e. The molecule has 0 fully saturated rings. The van der Waals surface area contributed by atoms with Gasteiger partial charge in [0.15, 0.2) is 0 Å². The maximum absolute atomic E-state index is 11.3. The number of hydrogen-bond donors (Lipinski definition) is 2. The quantitative estimate of drug-likeness (QED) is 0.220. The van der Waals surface area contributed by atoms with Crippen LogP contribution in [-0.2, 0) is 9.53 Å². The number of allylic oxidation sites excluding steroid dienone is 1. The number of rotatable bonds is 17. The number of carbonyl (C=O) groups excluding carboxylic acids is 1. The van der Waals surface area contributed by atoms with Gasteiger partial charge in [0, 0.05) is 6.42 Å². The molecule has 0 amide bonds. The van der Waals surface area contributed by atoms with E-state index in [9.17, 15) is 9.90 Å². The summed E-state index contributed by atoms with van der Waals surface area (Å²) in [7, 11) is 0. The first-order valence-corrected chi connectivity index (χ1v) is 10.2. The van der Waals surface area contributed by atoms with Crippen LogP contribution in [0.5, 0.6) is 0 Å². The van der Waals surface area contributed by atoms with Crippen LogP contribution < -0.4 is 0 Å². The third kappa shape index (κ3) is 19.3. The second kappa shape index (κ2) is 17.9. The van der Waals surface area contributed by atoms with Crippen LogP contribution in [0.2, 0.25) is 0 Å². The number of ether oxygens (including phenoxy) is 1. The number of unbranched alkanes of at least 4 members (excludes halogenated alkanes) is 8. The van der Waals surface area contributed by atoms with Gasteiger partial charge in [0.25, 0.3) is 0 Å². The fourth-order valence-electron chi connectivity index (χ4n) is 2.64. The van der Waals surface area contributed by atoms with E-state index < -0.39 is 6.10 Å². The highest BCUT2D eigenvalue weighted by atomic mass is 16.5. The molecule has 0 rings (SSSR count). The molecule has 0 bridgehead atoms. The van der Waals surface area contributed by atoms with Crippen LogP contribution in [0.4, 0.5) is 0 Å². The van der Waals surface area contributed by atoms with Crippen LogP contribution in [0.1, 0.15) is 97.3 Å². The highest BCUT2D eigenvalue weighted by Gasteiger charge is 2.04. The van der Waals surface area contributed by atoms with Crippen molar-refractivity contribution in [2.24, 2.45) is 0 Å². The second-order valence-electron chi connectivity index (χ2n) is 7.05. The van der Waals surface area contributed by atoms with Crippen molar-refractivity contribution in [3.05, 3.63) is 12.2 Å². The molecular formula is C21H40O4. The molecule has 2 unspecified atom stereocenters. The lowest BCUT2D eigenvalue weighted by atomic mass is 10.1. The number of aliphatic hydroxyl groups excluding tert-OH is 2. The third-order valence-electron chi connectivity index (χ3n) is 4.20. The molecule has 0 aliphatic rings. The van der Waals surface area contributed by atoms with E-state index in [4.69, 9.17) is 9.84 Å². The van der Waals surface area contributed by atoms with Gasteiger partial charge in [0.1, 0.15) is 6.61 Å². The van der Waals surface area contributed by atoms with Gasteiger partial charge in [-0.05, 0) is 39.0 Å². The van der Waals surface area contributed by atoms with Gasteiger partial charge in [0.05, 0.1) is 12.2 Å². The fourth-order valence-corrected chi connectivity index (χ4v) is 2.64. The predicted octanol–water partition coefficient (Wildman–Crippen LogP) is 4.92. The monoisotopic (exact) mass is 356 g/mol. The normalized spacial score (nSPS) is 13.9. The van der Waals surface area contributed by atoms with E-state index >= 15 is 0 Å². The van der Waals surface area contributed by atoms with Gasteiger partial charge in [-0.2, -0.15) is 0 Å². The molecule has 0 heterocycles. The largest absolute Gasteiger partial charge is 0.463 e. The average Bonchev–Trinajstić information content (AvgIpc) is 2.58. The predicted molar refractivity (Wildman–Crippen MR) is 103 cm³/mol. The summed E-state index contributed by atoms with van der Waals surface area (Å²) in [5.41, 5.74) is 0. The summed E-state index contributed by atoms with van der Waals surface area (Å²) in [6.45, 7) is 3.90. The van der Waals surface area contributed by atoms with Gasteiger partial charge in [-0.15, -0.1) is 0 Å². The van der Waals surface area contributed by atoms with Crippen molar-refractivity contribution in [1.82, 2.24) is 0 Å². The molecule has 0 spiro atoms. The van der Waals surface area contributed by atoms with Crippen LogP contribution in [0, 0.1) is 0 Å². The fraction of sp³-hybridized carbons (Fsp3) is 0.857. The summed E-state index contributed by atoms with van der Waals surface area (Å²) in [6.07, 6.45) is 17.0. The van der Waals surface area contributed by atoms with E-state index in [-0.39, 0.29) is 18.7 Å². The molecule has 0 aromatic heterocycles. The van der Waals surface area contributed by atoms with E-state index in [0.29, 0.717) is 6.42 Å². The summed E-state index contributed by atoms with van der Waals surface area (Å²) < 4.78 is 4.91. The van der Waals surface area contributed by atoms with Crippen molar-refractivity contribution >= 4 is 5.97 Å². The molecule has 0 aromatic carbocycles. The van der Waals surface area contributed by atoms with Gasteiger partial charge < -0.3 is 14.9 Å². The Kier molecular flexibility index (Phi) is 17.3. The zero-order chi connectivity index (χ0) is 18.8. The van der Waals surface area contributed by atoms with E-state index in [1.807, 2.05) is 0 Å². The van der Waals surface area contributed by atoms with Crippen molar-refractivity contribution in [2.45, 2.75) is 110 Å². The molecule has 148 valence electrons. The Morgan fingerprint density at radius 3 is 2.36 bits per heavy atom. The Hall–Kier alpha value is -0.870. The van der Waals surface area contributed by atoms with Crippen LogP contribution >= 0.6 is 0 Å². The molecule has 0 aliphatic heterocycles. The van der Waals surface area contributed by atoms with Crippen molar-refractivity contribution in [3.8, 4) is 0 Å². The Balaban J connectivity index is 3.33. The Morgan fingerprint density at radius 1 is 0.960 bits per heavy atom. The summed E-state index contributed by atoms with van der Waals surface area (Å²) in [5.74, 6) is -0.211. The number of esters is 1. The molecule has 0 aromatic rings. The summed E-state index contributed by atoms with van der Waals surface area (Å²) >= 11 is 0. The summed E-state index contributed by atoms with van der Waals surface area (Å²) in [5, 5.41) is 18.9. The zero-order valence-corrected chi connectivity index (χ0v) is 16.4. The topological polar surface area (TPSA) is 66.8 Å². The second-order valence-corrected chi connectivity index (χ2v) is 7.05. The van der Waals surface area contributed by atoms with Gasteiger partial charge in [-0.25, -0.2) is 0 Å². The molecule has 0 aliphatic carbocycles. The van der Waals surface area contributed by atoms with Crippen LogP contribution in [0.25, 0.3) is 0 Å². The minimum Gasteiger partial charge on any atom is -0.463 e. The van der Waals surface area contributed by atoms with Crippen molar-refractivity contribution < 1.29 is 19.7 Å². The van der Waals surface area contributed by atoms with Crippen molar-refractivity contribution in [1.29, 1.82) is 0 Å². The molecule has 2 N–H and O–H groups in total. The van der Waals surface area contributed by atoms with Gasteiger partial charge in [-0.1, -0.05) is 64.0 Å². The van der Waals surface area contributed by atoms with E-state index in [2.05, 4.69) is 19.1 Å². The van der Waals surface area contributed by atoms with Gasteiger partial charge in [-0.3, -0.25) is 4.79 Å². The summed E-state index contributed by atoms with van der Waals surface area (Å²) in [4.78, 5) is 11.3. The van der Waals surface area contributed by atoms with E-state index in [1.54, 1.807) is 6.92 Å². The van der Waals surface area contributed by atoms with Crippen LogP contribution in [-0.4, -0.2) is 35.0 Å². The standard InChI is InChI=1S/C21H40O4/c1-3-4-5-12-15-20(23)16-13-10-8-6-7-9-11-14-17-21(24)25-18-19(2)22/h10,13,19-20,22-23H,3-9,11-12,14-18H2,1-2H3/b13-10-. The smallest absolute Gasteiger partial charge is 0.305 e. The first kappa shape index (κ1) is 24.1. The Bertz CT molecular complexity index is 326. The first-order valence-electron chi connectivity index (χ1n) is 10.2. The number of hydrogen-bond acceptors (Lipinski definition) is 4. The van der Waals surface area contributed by atoms with Crippen molar-refractivity contribution in [2.75, 3.05) is 6.61 Å². The molecule has 0 saturated carbocycles. The van der Waals surface area contributed by atoms with Gasteiger partial charge in [0.2, 0.25) is 0 Å². The Morgan fingerprint density at radius 2 is 1.64 bits per heavy atom. The van der Waals surface area contributed by atoms with Gasteiger partial charge >= 0.3 is 5.97 Å². The highest BCUT2D eigenvalue weighted by Crippen LogP contribution is 2.10. The molecule has 2 atom stereocenters. The molecule has 4 heteroatoms. The van der Waals surface area contributed by atoms with Crippen LogP contribution in [0.3, 0.4) is 0 Å². The SMILES string of the molecule is CCCCCCC(O)C/C=C\CCCCCCCC(=O)OCC(C)O. The lowest BCUT2D eigenvalue weighted by Gasteiger charge is -2.07. The summed E-state index contributed by atoms with van der Waals surface area (Å²) in [6, 6.07) is 0. The lowest BCUT2D eigenvalue weighted by molar-refractivity contribution is -0.146. The first-order chi connectivity index (χ1) is 12.1. The van der Waals surface area contributed by atoms with E-state index in [0.717, 1.165) is 51.4 Å². The third-order valence-corrected chi connectivity index (χ3v) is 4.20. The maximum atomic E-state index is 11.3. The van der Waals surface area contributed by atoms with Crippen LogP contribution in [0.15, 0.2) is 12.2 Å². The minimum absolute atomic E-state index is 0.0958. The Labute approximate surface area is 154 Å². The molecule has 4 nitrogen and oxygen atoms in total. The molecule has 0 radical (unpaired) electrons. The average molecular weight is 357 g/mol. The number of aliphatic hydroxyl groups is 2. The zero-order valence-electron chi connectivity index (χ0n) is 16.4. The number of carbonyl (C=O) groups is 1.